The molecule has 0 radical (unpaired) electrons. The fraction of sp³-hybridized carbons (Fsp3) is 0.130. The van der Waals surface area contributed by atoms with Gasteiger partial charge in [0.2, 0.25) is 5.91 Å². The van der Waals surface area contributed by atoms with E-state index in [1.807, 2.05) is 60.7 Å². The summed E-state index contributed by atoms with van der Waals surface area (Å²) in [6.45, 7) is 0. The third kappa shape index (κ3) is 2.90. The number of hydrogen-bond acceptors (Lipinski definition) is 4. The van der Waals surface area contributed by atoms with E-state index in [1.54, 1.807) is 29.3 Å². The fourth-order valence-electron chi connectivity index (χ4n) is 4.05. The largest absolute Gasteiger partial charge is 0.273 e. The van der Waals surface area contributed by atoms with Crippen LogP contribution in [0.5, 0.6) is 0 Å². The summed E-state index contributed by atoms with van der Waals surface area (Å²) in [5.74, 6) is -1.27. The summed E-state index contributed by atoms with van der Waals surface area (Å²) >= 11 is 5.96. The van der Waals surface area contributed by atoms with Gasteiger partial charge in [-0.15, -0.1) is 0 Å². The Morgan fingerprint density at radius 2 is 1.34 bits per heavy atom. The molecule has 0 aromatic heterocycles. The van der Waals surface area contributed by atoms with Crippen LogP contribution in [-0.4, -0.2) is 17.9 Å². The predicted octanol–water partition coefficient (Wildman–Crippen LogP) is 4.39. The van der Waals surface area contributed by atoms with Crippen LogP contribution in [-0.2, 0) is 14.4 Å². The molecule has 2 aliphatic heterocycles. The van der Waals surface area contributed by atoms with Crippen LogP contribution in [0, 0.1) is 5.92 Å². The first-order chi connectivity index (χ1) is 14.1. The maximum atomic E-state index is 13.4. The molecule has 29 heavy (non-hydrogen) atoms. The van der Waals surface area contributed by atoms with Crippen molar-refractivity contribution >= 4 is 34.8 Å². The molecule has 0 N–H and O–H groups in total. The molecule has 0 bridgehead atoms. The van der Waals surface area contributed by atoms with Crippen LogP contribution in [0.1, 0.15) is 11.6 Å². The Hall–Kier alpha value is -3.15. The van der Waals surface area contributed by atoms with E-state index >= 15 is 0 Å². The minimum absolute atomic E-state index is 0.269. The highest BCUT2D eigenvalue weighted by Gasteiger charge is 2.60. The minimum Gasteiger partial charge on any atom is -0.273 e. The van der Waals surface area contributed by atoms with Gasteiger partial charge in [0.1, 0.15) is 5.92 Å². The molecule has 2 aliphatic rings. The molecular weight excluding hydrogens is 388 g/mol. The van der Waals surface area contributed by atoms with Gasteiger partial charge in [0.15, 0.2) is 6.10 Å². The number of para-hydroxylation sites is 1. The lowest BCUT2D eigenvalue weighted by molar-refractivity contribution is -0.126. The second kappa shape index (κ2) is 7.03. The Kier molecular flexibility index (Phi) is 4.34. The maximum absolute atomic E-state index is 13.4. The van der Waals surface area contributed by atoms with E-state index in [9.17, 15) is 9.59 Å². The molecule has 0 aliphatic carbocycles. The molecule has 3 atom stereocenters. The van der Waals surface area contributed by atoms with Gasteiger partial charge in [-0.1, -0.05) is 60.1 Å². The van der Waals surface area contributed by atoms with Gasteiger partial charge in [-0.25, -0.2) is 9.96 Å². The number of carbonyl (C=O) groups excluding carboxylic acids is 2. The number of rotatable bonds is 3. The zero-order valence-corrected chi connectivity index (χ0v) is 16.1. The first-order valence-electron chi connectivity index (χ1n) is 9.34. The lowest BCUT2D eigenvalue weighted by Gasteiger charge is -2.28. The predicted molar refractivity (Wildman–Crippen MR) is 110 cm³/mol. The van der Waals surface area contributed by atoms with E-state index in [4.69, 9.17) is 16.4 Å². The van der Waals surface area contributed by atoms with Crippen molar-refractivity contribution in [2.75, 3.05) is 9.96 Å². The van der Waals surface area contributed by atoms with E-state index in [1.165, 1.54) is 4.90 Å². The van der Waals surface area contributed by atoms with Crippen molar-refractivity contribution in [1.82, 2.24) is 0 Å². The highest BCUT2D eigenvalue weighted by Crippen LogP contribution is 2.47. The molecule has 6 heteroatoms. The second-order valence-corrected chi connectivity index (χ2v) is 7.49. The number of anilines is 2. The Morgan fingerprint density at radius 1 is 0.724 bits per heavy atom. The van der Waals surface area contributed by atoms with Crippen molar-refractivity contribution in [1.29, 1.82) is 0 Å². The molecule has 0 spiro atoms. The quantitative estimate of drug-likeness (QED) is 0.607. The molecule has 2 amide bonds. The lowest BCUT2D eigenvalue weighted by Crippen LogP contribution is -2.37. The number of hydroxylamine groups is 1. The van der Waals surface area contributed by atoms with Crippen molar-refractivity contribution in [2.24, 2.45) is 5.92 Å². The molecule has 2 heterocycles. The molecule has 3 unspecified atom stereocenters. The molecule has 3 aromatic rings. The van der Waals surface area contributed by atoms with Gasteiger partial charge in [-0.3, -0.25) is 14.4 Å². The SMILES string of the molecule is O=C1C2ON(c3ccccc3)C(c3ccccc3)C2C(=O)N1c1ccc(Cl)cc1. The average Bonchev–Trinajstić information content (AvgIpc) is 3.27. The highest BCUT2D eigenvalue weighted by atomic mass is 35.5. The van der Waals surface area contributed by atoms with Crippen LogP contribution in [0.4, 0.5) is 11.4 Å². The molecule has 144 valence electrons. The molecule has 5 rings (SSSR count). The molecule has 2 fully saturated rings. The zero-order chi connectivity index (χ0) is 20.0. The Morgan fingerprint density at radius 3 is 2.00 bits per heavy atom. The number of halogens is 1. The van der Waals surface area contributed by atoms with Crippen LogP contribution in [0.25, 0.3) is 0 Å². The summed E-state index contributed by atoms with van der Waals surface area (Å²) < 4.78 is 0. The number of nitrogens with zero attached hydrogens (tertiary/aromatic N) is 2. The van der Waals surface area contributed by atoms with E-state index in [2.05, 4.69) is 0 Å². The van der Waals surface area contributed by atoms with Gasteiger partial charge in [0, 0.05) is 5.02 Å². The van der Waals surface area contributed by atoms with Gasteiger partial charge in [0.25, 0.3) is 5.91 Å². The number of benzene rings is 3. The molecule has 5 nitrogen and oxygen atoms in total. The minimum atomic E-state index is -0.872. The Bertz CT molecular complexity index is 1060. The monoisotopic (exact) mass is 404 g/mol. The van der Waals surface area contributed by atoms with Gasteiger partial charge in [-0.05, 0) is 42.0 Å². The zero-order valence-electron chi connectivity index (χ0n) is 15.3. The van der Waals surface area contributed by atoms with Crippen LogP contribution >= 0.6 is 11.6 Å². The van der Waals surface area contributed by atoms with Crippen LogP contribution in [0.3, 0.4) is 0 Å². The standard InChI is InChI=1S/C23H17ClN2O3/c24-16-11-13-17(14-12-16)25-22(27)19-20(15-7-3-1-4-8-15)26(29-21(19)23(25)28)18-9-5-2-6-10-18/h1-14,19-21H. The Labute approximate surface area is 173 Å². The van der Waals surface area contributed by atoms with Crippen molar-refractivity contribution < 1.29 is 14.4 Å². The third-order valence-corrected chi connectivity index (χ3v) is 5.60. The van der Waals surface area contributed by atoms with Crippen molar-refractivity contribution in [2.45, 2.75) is 12.1 Å². The molecule has 3 aromatic carbocycles. The van der Waals surface area contributed by atoms with E-state index < -0.39 is 18.1 Å². The summed E-state index contributed by atoms with van der Waals surface area (Å²) in [6.07, 6.45) is -0.872. The maximum Gasteiger partial charge on any atom is 0.266 e. The first-order valence-corrected chi connectivity index (χ1v) is 9.72. The summed E-state index contributed by atoms with van der Waals surface area (Å²) in [5, 5.41) is 2.24. The summed E-state index contributed by atoms with van der Waals surface area (Å²) in [4.78, 5) is 33.9. The number of carbonyl (C=O) groups is 2. The van der Waals surface area contributed by atoms with E-state index in [0.29, 0.717) is 10.7 Å². The van der Waals surface area contributed by atoms with Gasteiger partial charge in [-0.2, -0.15) is 0 Å². The highest BCUT2D eigenvalue weighted by molar-refractivity contribution is 6.31. The van der Waals surface area contributed by atoms with Crippen molar-refractivity contribution in [3.8, 4) is 0 Å². The molecule has 0 saturated carbocycles. The topological polar surface area (TPSA) is 49.9 Å². The normalized spacial score (nSPS) is 23.6. The van der Waals surface area contributed by atoms with Gasteiger partial charge >= 0.3 is 0 Å². The molecular formula is C23H17ClN2O3. The van der Waals surface area contributed by atoms with Crippen molar-refractivity contribution in [3.05, 3.63) is 95.5 Å². The second-order valence-electron chi connectivity index (χ2n) is 7.06. The van der Waals surface area contributed by atoms with Gasteiger partial charge in [0.05, 0.1) is 17.4 Å². The van der Waals surface area contributed by atoms with E-state index in [0.717, 1.165) is 11.3 Å². The lowest BCUT2D eigenvalue weighted by atomic mass is 9.90. The number of fused-ring (bicyclic) bond motifs is 1. The number of imide groups is 1. The van der Waals surface area contributed by atoms with Crippen LogP contribution in [0.2, 0.25) is 5.02 Å². The number of hydrogen-bond donors (Lipinski definition) is 0. The van der Waals surface area contributed by atoms with Crippen molar-refractivity contribution in [3.63, 3.8) is 0 Å². The summed E-state index contributed by atoms with van der Waals surface area (Å²) in [5.41, 5.74) is 2.22. The molecule has 2 saturated heterocycles. The van der Waals surface area contributed by atoms with Crippen LogP contribution < -0.4 is 9.96 Å². The smallest absolute Gasteiger partial charge is 0.266 e. The average molecular weight is 405 g/mol. The van der Waals surface area contributed by atoms with E-state index in [-0.39, 0.29) is 11.8 Å². The number of amides is 2. The summed E-state index contributed by atoms with van der Waals surface area (Å²) in [7, 11) is 0. The first kappa shape index (κ1) is 17.9. The fourth-order valence-corrected chi connectivity index (χ4v) is 4.17. The Balaban J connectivity index is 1.58. The summed E-state index contributed by atoms with van der Waals surface area (Å²) in [6, 6.07) is 25.5. The van der Waals surface area contributed by atoms with Crippen LogP contribution in [0.15, 0.2) is 84.9 Å². The third-order valence-electron chi connectivity index (χ3n) is 5.35. The van der Waals surface area contributed by atoms with Gasteiger partial charge < -0.3 is 0 Å².